The van der Waals surface area contributed by atoms with E-state index in [1.54, 1.807) is 0 Å². The Bertz CT molecular complexity index is 855. The first-order valence-electron chi connectivity index (χ1n) is 7.39. The van der Waals surface area contributed by atoms with Gasteiger partial charge in [-0.1, -0.05) is 36.4 Å². The van der Waals surface area contributed by atoms with Gasteiger partial charge in [0.25, 0.3) is 5.91 Å². The molecule has 1 fully saturated rings. The van der Waals surface area contributed by atoms with Gasteiger partial charge in [0.05, 0.1) is 13.5 Å². The molecule has 2 aromatic rings. The molecule has 2 amide bonds. The fourth-order valence-electron chi connectivity index (χ4n) is 2.45. The average Bonchev–Trinajstić information content (AvgIpc) is 2.86. The number of cyclic esters (lactones) is 1. The minimum Gasteiger partial charge on any atom is -0.469 e. The topological polar surface area (TPSA) is 72.9 Å². The van der Waals surface area contributed by atoms with E-state index in [4.69, 9.17) is 4.74 Å². The number of amides is 2. The van der Waals surface area contributed by atoms with Gasteiger partial charge in [-0.3, -0.25) is 9.59 Å². The van der Waals surface area contributed by atoms with Crippen molar-refractivity contribution in [1.82, 2.24) is 4.90 Å². The Balaban J connectivity index is 1.80. The molecule has 24 heavy (non-hydrogen) atoms. The normalized spacial score (nSPS) is 15.9. The molecule has 0 aliphatic carbocycles. The molecule has 0 radical (unpaired) electrons. The Labute approximate surface area is 138 Å². The van der Waals surface area contributed by atoms with Crippen molar-refractivity contribution in [3.63, 3.8) is 0 Å². The zero-order valence-corrected chi connectivity index (χ0v) is 13.0. The fourth-order valence-corrected chi connectivity index (χ4v) is 2.45. The third-order valence-corrected chi connectivity index (χ3v) is 3.71. The maximum atomic E-state index is 12.2. The lowest BCUT2D eigenvalue weighted by atomic mass is 10.1. The molecule has 0 aromatic heterocycles. The van der Waals surface area contributed by atoms with Gasteiger partial charge >= 0.3 is 12.1 Å². The minimum absolute atomic E-state index is 0.0554. The van der Waals surface area contributed by atoms with Gasteiger partial charge < -0.3 is 9.47 Å². The van der Waals surface area contributed by atoms with E-state index in [1.165, 1.54) is 13.2 Å². The highest BCUT2D eigenvalue weighted by Crippen LogP contribution is 2.22. The van der Waals surface area contributed by atoms with Crippen LogP contribution in [0.3, 0.4) is 0 Å². The van der Waals surface area contributed by atoms with E-state index in [9.17, 15) is 14.4 Å². The van der Waals surface area contributed by atoms with Gasteiger partial charge in [-0.2, -0.15) is 0 Å². The summed E-state index contributed by atoms with van der Waals surface area (Å²) in [5.74, 6) is -1.11. The summed E-state index contributed by atoms with van der Waals surface area (Å²) in [6.07, 6.45) is 0.668. The first-order valence-corrected chi connectivity index (χ1v) is 7.39. The number of ether oxygens (including phenoxy) is 2. The third-order valence-electron chi connectivity index (χ3n) is 3.71. The molecule has 1 heterocycles. The zero-order chi connectivity index (χ0) is 17.1. The summed E-state index contributed by atoms with van der Waals surface area (Å²) in [6.45, 7) is -0.0700. The predicted octanol–water partition coefficient (Wildman–Crippen LogP) is 2.72. The summed E-state index contributed by atoms with van der Waals surface area (Å²) in [5.41, 5.74) is 0.750. The van der Waals surface area contributed by atoms with Crippen molar-refractivity contribution in [2.24, 2.45) is 0 Å². The van der Waals surface area contributed by atoms with Gasteiger partial charge in [-0.05, 0) is 28.5 Å². The molecule has 1 aliphatic rings. The maximum absolute atomic E-state index is 12.2. The van der Waals surface area contributed by atoms with E-state index in [1.807, 2.05) is 42.5 Å². The van der Waals surface area contributed by atoms with Crippen molar-refractivity contribution < 1.29 is 23.9 Å². The summed E-state index contributed by atoms with van der Waals surface area (Å²) >= 11 is 0. The summed E-state index contributed by atoms with van der Waals surface area (Å²) in [5, 5.41) is 2.10. The van der Waals surface area contributed by atoms with Gasteiger partial charge in [0.1, 0.15) is 0 Å². The Hall–Kier alpha value is -3.15. The van der Waals surface area contributed by atoms with Crippen LogP contribution in [0.25, 0.3) is 16.8 Å². The Morgan fingerprint density at radius 3 is 2.67 bits per heavy atom. The Morgan fingerprint density at radius 2 is 1.92 bits per heavy atom. The lowest BCUT2D eigenvalue weighted by molar-refractivity contribution is -0.141. The van der Waals surface area contributed by atoms with Gasteiger partial charge in [-0.15, -0.1) is 0 Å². The molecule has 3 rings (SSSR count). The molecule has 0 N–H and O–H groups in total. The first kappa shape index (κ1) is 15.7. The standard InChI is InChI=1S/C18H15NO5/c1-23-16(20)8-9-19-17(21)15(24-18(19)22)11-12-6-7-13-4-2-3-5-14(13)10-12/h2-7,10-11H,8-9H2,1H3/b15-11+. The Morgan fingerprint density at radius 1 is 1.17 bits per heavy atom. The van der Waals surface area contributed by atoms with Crippen LogP contribution >= 0.6 is 0 Å². The second-order valence-electron chi connectivity index (χ2n) is 5.27. The number of methoxy groups -OCH3 is 1. The molecule has 1 aliphatic heterocycles. The van der Waals surface area contributed by atoms with Crippen LogP contribution in [0.15, 0.2) is 48.2 Å². The van der Waals surface area contributed by atoms with Crippen LogP contribution in [0, 0.1) is 0 Å². The molecule has 0 atom stereocenters. The van der Waals surface area contributed by atoms with Gasteiger partial charge in [0.15, 0.2) is 5.76 Å². The molecular weight excluding hydrogens is 310 g/mol. The number of carbonyl (C=O) groups is 3. The monoisotopic (exact) mass is 325 g/mol. The molecule has 0 saturated carbocycles. The van der Waals surface area contributed by atoms with Crippen LogP contribution in [-0.2, 0) is 19.1 Å². The molecule has 0 bridgehead atoms. The van der Waals surface area contributed by atoms with Crippen molar-refractivity contribution in [2.75, 3.05) is 13.7 Å². The number of fused-ring (bicyclic) bond motifs is 1. The maximum Gasteiger partial charge on any atom is 0.422 e. The van der Waals surface area contributed by atoms with Crippen molar-refractivity contribution in [2.45, 2.75) is 6.42 Å². The van der Waals surface area contributed by atoms with Crippen molar-refractivity contribution in [1.29, 1.82) is 0 Å². The zero-order valence-electron chi connectivity index (χ0n) is 13.0. The smallest absolute Gasteiger partial charge is 0.422 e. The molecule has 2 aromatic carbocycles. The third kappa shape index (κ3) is 3.12. The highest BCUT2D eigenvalue weighted by Gasteiger charge is 2.36. The second-order valence-corrected chi connectivity index (χ2v) is 5.27. The lowest BCUT2D eigenvalue weighted by Gasteiger charge is -2.08. The summed E-state index contributed by atoms with van der Waals surface area (Å²) in [4.78, 5) is 36.1. The molecule has 1 saturated heterocycles. The number of imide groups is 1. The molecular formula is C18H15NO5. The van der Waals surface area contributed by atoms with E-state index in [0.29, 0.717) is 0 Å². The Kier molecular flexibility index (Phi) is 4.29. The molecule has 122 valence electrons. The molecule has 0 unspecified atom stereocenters. The number of benzene rings is 2. The van der Waals surface area contributed by atoms with Crippen LogP contribution in [0.2, 0.25) is 0 Å². The van der Waals surface area contributed by atoms with Gasteiger partial charge in [0, 0.05) is 6.54 Å². The van der Waals surface area contributed by atoms with Crippen molar-refractivity contribution in [3.05, 3.63) is 53.8 Å². The quantitative estimate of drug-likeness (QED) is 0.638. The second kappa shape index (κ2) is 6.54. The van der Waals surface area contributed by atoms with Crippen LogP contribution < -0.4 is 0 Å². The predicted molar refractivity (Wildman–Crippen MR) is 86.8 cm³/mol. The van der Waals surface area contributed by atoms with Gasteiger partial charge in [-0.25, -0.2) is 9.69 Å². The van der Waals surface area contributed by atoms with E-state index >= 15 is 0 Å². The molecule has 0 spiro atoms. The summed E-state index contributed by atoms with van der Waals surface area (Å²) in [6, 6.07) is 13.5. The molecule has 6 heteroatoms. The number of carbonyl (C=O) groups excluding carboxylic acids is 3. The van der Waals surface area contributed by atoms with Gasteiger partial charge in [0.2, 0.25) is 0 Å². The van der Waals surface area contributed by atoms with Crippen LogP contribution in [0.5, 0.6) is 0 Å². The first-order chi connectivity index (χ1) is 11.6. The largest absolute Gasteiger partial charge is 0.469 e. The number of hydrogen-bond donors (Lipinski definition) is 0. The summed E-state index contributed by atoms with van der Waals surface area (Å²) < 4.78 is 9.51. The number of esters is 1. The SMILES string of the molecule is COC(=O)CCN1C(=O)O/C(=C/c2ccc3ccccc3c2)C1=O. The van der Waals surface area contributed by atoms with Crippen LogP contribution in [-0.4, -0.2) is 36.5 Å². The van der Waals surface area contributed by atoms with Crippen molar-refractivity contribution in [3.8, 4) is 0 Å². The average molecular weight is 325 g/mol. The fraction of sp³-hybridized carbons (Fsp3) is 0.167. The van der Waals surface area contributed by atoms with Crippen LogP contribution in [0.4, 0.5) is 4.79 Å². The van der Waals surface area contributed by atoms with Crippen molar-refractivity contribution >= 4 is 34.8 Å². The highest BCUT2D eigenvalue weighted by molar-refractivity contribution is 6.10. The number of hydrogen-bond acceptors (Lipinski definition) is 5. The van der Waals surface area contributed by atoms with E-state index < -0.39 is 18.0 Å². The van der Waals surface area contributed by atoms with E-state index in [2.05, 4.69) is 4.74 Å². The molecule has 6 nitrogen and oxygen atoms in total. The summed E-state index contributed by atoms with van der Waals surface area (Å²) in [7, 11) is 1.25. The lowest BCUT2D eigenvalue weighted by Crippen LogP contribution is -2.31. The number of nitrogens with zero attached hydrogens (tertiary/aromatic N) is 1. The van der Waals surface area contributed by atoms with E-state index in [-0.39, 0.29) is 18.7 Å². The van der Waals surface area contributed by atoms with Crippen LogP contribution in [0.1, 0.15) is 12.0 Å². The minimum atomic E-state index is -0.782. The number of rotatable bonds is 4. The van der Waals surface area contributed by atoms with E-state index in [0.717, 1.165) is 21.2 Å². The highest BCUT2D eigenvalue weighted by atomic mass is 16.6.